The molecule has 2 rings (SSSR count). The number of amides is 2. The number of carbonyl (C=O) groups excluding carboxylic acids is 2. The van der Waals surface area contributed by atoms with E-state index in [4.69, 9.17) is 0 Å². The van der Waals surface area contributed by atoms with Gasteiger partial charge in [0.1, 0.15) is 0 Å². The Labute approximate surface area is 139 Å². The molecule has 0 spiro atoms. The van der Waals surface area contributed by atoms with Crippen molar-refractivity contribution in [3.8, 4) is 0 Å². The zero-order chi connectivity index (χ0) is 16.8. The molecule has 132 valence electrons. The Morgan fingerprint density at radius 2 is 1.74 bits per heavy atom. The van der Waals surface area contributed by atoms with E-state index in [0.29, 0.717) is 19.1 Å². The summed E-state index contributed by atoms with van der Waals surface area (Å²) >= 11 is 0. The first-order chi connectivity index (χ1) is 11.0. The fourth-order valence-electron chi connectivity index (χ4n) is 3.21. The smallest absolute Gasteiger partial charge is 0.236 e. The standard InChI is InChI=1S/C16H31N5O2/c1-17-14-5-4-6-20(11-14)13-16(23)21-9-7-19(8-10-21)12-15(22)18(2)3/h14,17H,4-13H2,1-3H3. The van der Waals surface area contributed by atoms with Crippen molar-refractivity contribution < 1.29 is 9.59 Å². The molecule has 0 bridgehead atoms. The van der Waals surface area contributed by atoms with Crippen LogP contribution in [0, 0.1) is 0 Å². The molecule has 0 aromatic carbocycles. The van der Waals surface area contributed by atoms with Crippen LogP contribution in [0.2, 0.25) is 0 Å². The van der Waals surface area contributed by atoms with Crippen LogP contribution in [0.25, 0.3) is 0 Å². The zero-order valence-electron chi connectivity index (χ0n) is 14.8. The van der Waals surface area contributed by atoms with Crippen molar-refractivity contribution in [2.45, 2.75) is 18.9 Å². The molecule has 1 unspecified atom stereocenters. The van der Waals surface area contributed by atoms with Crippen LogP contribution in [-0.4, -0.2) is 111 Å². The van der Waals surface area contributed by atoms with E-state index in [1.807, 2.05) is 11.9 Å². The van der Waals surface area contributed by atoms with Crippen LogP contribution in [0.5, 0.6) is 0 Å². The lowest BCUT2D eigenvalue weighted by atomic mass is 10.1. The lowest BCUT2D eigenvalue weighted by Gasteiger charge is -2.37. The second kappa shape index (κ2) is 8.61. The summed E-state index contributed by atoms with van der Waals surface area (Å²) in [5.41, 5.74) is 0. The van der Waals surface area contributed by atoms with E-state index >= 15 is 0 Å². The molecule has 0 aromatic heterocycles. The molecule has 1 N–H and O–H groups in total. The van der Waals surface area contributed by atoms with Crippen LogP contribution in [0.15, 0.2) is 0 Å². The van der Waals surface area contributed by atoms with E-state index < -0.39 is 0 Å². The van der Waals surface area contributed by atoms with Gasteiger partial charge in [0.15, 0.2) is 0 Å². The second-order valence-electron chi connectivity index (χ2n) is 6.81. The summed E-state index contributed by atoms with van der Waals surface area (Å²) in [6.07, 6.45) is 2.35. The Kier molecular flexibility index (Phi) is 6.80. The number of likely N-dealkylation sites (tertiary alicyclic amines) is 1. The average Bonchev–Trinajstić information content (AvgIpc) is 2.55. The topological polar surface area (TPSA) is 59.1 Å². The molecule has 0 aromatic rings. The minimum absolute atomic E-state index is 0.121. The number of carbonyl (C=O) groups is 2. The lowest BCUT2D eigenvalue weighted by Crippen LogP contribution is -2.54. The third kappa shape index (κ3) is 5.44. The van der Waals surface area contributed by atoms with Crippen molar-refractivity contribution in [1.82, 2.24) is 24.9 Å². The minimum Gasteiger partial charge on any atom is -0.348 e. The highest BCUT2D eigenvalue weighted by atomic mass is 16.2. The Morgan fingerprint density at radius 3 is 2.35 bits per heavy atom. The number of piperazine rings is 1. The normalized spacial score (nSPS) is 23.8. The highest BCUT2D eigenvalue weighted by Crippen LogP contribution is 2.10. The molecule has 2 saturated heterocycles. The fourth-order valence-corrected chi connectivity index (χ4v) is 3.21. The van der Waals surface area contributed by atoms with E-state index in [9.17, 15) is 9.59 Å². The molecule has 7 nitrogen and oxygen atoms in total. The van der Waals surface area contributed by atoms with Crippen LogP contribution in [-0.2, 0) is 9.59 Å². The summed E-state index contributed by atoms with van der Waals surface area (Å²) in [6.45, 7) is 5.96. The zero-order valence-corrected chi connectivity index (χ0v) is 14.8. The summed E-state index contributed by atoms with van der Waals surface area (Å²) in [5.74, 6) is 0.344. The number of likely N-dealkylation sites (N-methyl/N-ethyl adjacent to an activating group) is 2. The number of hydrogen-bond donors (Lipinski definition) is 1. The fraction of sp³-hybridized carbons (Fsp3) is 0.875. The van der Waals surface area contributed by atoms with Gasteiger partial charge in [-0.3, -0.25) is 19.4 Å². The molecule has 1 atom stereocenters. The molecule has 7 heteroatoms. The molecular formula is C16H31N5O2. The largest absolute Gasteiger partial charge is 0.348 e. The predicted octanol–water partition coefficient (Wildman–Crippen LogP) is -1.10. The summed E-state index contributed by atoms with van der Waals surface area (Å²) in [5, 5.41) is 3.31. The van der Waals surface area contributed by atoms with E-state index in [0.717, 1.165) is 45.7 Å². The molecule has 23 heavy (non-hydrogen) atoms. The molecule has 0 saturated carbocycles. The maximum absolute atomic E-state index is 12.5. The minimum atomic E-state index is 0.121. The van der Waals surface area contributed by atoms with Gasteiger partial charge in [0.2, 0.25) is 11.8 Å². The van der Waals surface area contributed by atoms with Crippen molar-refractivity contribution >= 4 is 11.8 Å². The SMILES string of the molecule is CNC1CCCN(CC(=O)N2CCN(CC(=O)N(C)C)CC2)C1. The van der Waals surface area contributed by atoms with Crippen molar-refractivity contribution in [3.63, 3.8) is 0 Å². The molecule has 2 aliphatic heterocycles. The molecule has 2 aliphatic rings. The molecule has 2 fully saturated rings. The van der Waals surface area contributed by atoms with Crippen LogP contribution in [0.3, 0.4) is 0 Å². The highest BCUT2D eigenvalue weighted by Gasteiger charge is 2.26. The van der Waals surface area contributed by atoms with Gasteiger partial charge in [-0.2, -0.15) is 0 Å². The highest BCUT2D eigenvalue weighted by molar-refractivity contribution is 5.79. The first kappa shape index (κ1) is 18.2. The third-order valence-corrected chi connectivity index (χ3v) is 4.86. The number of hydrogen-bond acceptors (Lipinski definition) is 5. The molecule has 0 radical (unpaired) electrons. The van der Waals surface area contributed by atoms with Crippen LogP contribution < -0.4 is 5.32 Å². The van der Waals surface area contributed by atoms with Crippen molar-refractivity contribution in [1.29, 1.82) is 0 Å². The van der Waals surface area contributed by atoms with Crippen LogP contribution in [0.4, 0.5) is 0 Å². The summed E-state index contributed by atoms with van der Waals surface area (Å²) in [4.78, 5) is 32.2. The summed E-state index contributed by atoms with van der Waals surface area (Å²) in [7, 11) is 5.54. The predicted molar refractivity (Wildman–Crippen MR) is 90.2 cm³/mol. The van der Waals surface area contributed by atoms with Crippen molar-refractivity contribution in [3.05, 3.63) is 0 Å². The van der Waals surface area contributed by atoms with Gasteiger partial charge < -0.3 is 15.1 Å². The van der Waals surface area contributed by atoms with Crippen LogP contribution >= 0.6 is 0 Å². The first-order valence-electron chi connectivity index (χ1n) is 8.59. The van der Waals surface area contributed by atoms with Gasteiger partial charge in [0.25, 0.3) is 0 Å². The third-order valence-electron chi connectivity index (χ3n) is 4.86. The van der Waals surface area contributed by atoms with Gasteiger partial charge in [-0.25, -0.2) is 0 Å². The van der Waals surface area contributed by atoms with E-state index in [1.165, 1.54) is 6.42 Å². The van der Waals surface area contributed by atoms with Gasteiger partial charge >= 0.3 is 0 Å². The Morgan fingerprint density at radius 1 is 1.04 bits per heavy atom. The van der Waals surface area contributed by atoms with Gasteiger partial charge in [0.05, 0.1) is 13.1 Å². The monoisotopic (exact) mass is 325 g/mol. The number of nitrogens with zero attached hydrogens (tertiary/aromatic N) is 4. The summed E-state index contributed by atoms with van der Waals surface area (Å²) in [6, 6.07) is 0.505. The van der Waals surface area contributed by atoms with E-state index in [2.05, 4.69) is 15.1 Å². The molecule has 2 heterocycles. The van der Waals surface area contributed by atoms with Gasteiger partial charge in [-0.05, 0) is 26.4 Å². The quantitative estimate of drug-likeness (QED) is 0.696. The van der Waals surface area contributed by atoms with Gasteiger partial charge in [0, 0.05) is 52.9 Å². The summed E-state index contributed by atoms with van der Waals surface area (Å²) < 4.78 is 0. The number of nitrogens with one attached hydrogen (secondary N) is 1. The Balaban J connectivity index is 1.72. The Hall–Kier alpha value is -1.18. The number of rotatable bonds is 5. The van der Waals surface area contributed by atoms with Crippen molar-refractivity contribution in [2.24, 2.45) is 0 Å². The van der Waals surface area contributed by atoms with Crippen molar-refractivity contribution in [2.75, 3.05) is 73.5 Å². The van der Waals surface area contributed by atoms with Gasteiger partial charge in [-0.1, -0.05) is 0 Å². The van der Waals surface area contributed by atoms with Crippen LogP contribution in [0.1, 0.15) is 12.8 Å². The number of piperidine rings is 1. The maximum Gasteiger partial charge on any atom is 0.236 e. The maximum atomic E-state index is 12.5. The molecule has 2 amide bonds. The van der Waals surface area contributed by atoms with E-state index in [-0.39, 0.29) is 11.8 Å². The average molecular weight is 325 g/mol. The Bertz CT molecular complexity index is 407. The first-order valence-corrected chi connectivity index (χ1v) is 8.59. The second-order valence-corrected chi connectivity index (χ2v) is 6.81. The van der Waals surface area contributed by atoms with Gasteiger partial charge in [-0.15, -0.1) is 0 Å². The van der Waals surface area contributed by atoms with E-state index in [1.54, 1.807) is 19.0 Å². The lowest BCUT2D eigenvalue weighted by molar-refractivity contribution is -0.135. The molecular weight excluding hydrogens is 294 g/mol. The molecule has 0 aliphatic carbocycles.